The van der Waals surface area contributed by atoms with Crippen LogP contribution in [0.4, 0.5) is 11.4 Å². The summed E-state index contributed by atoms with van der Waals surface area (Å²) in [5.41, 5.74) is 2.08. The molecule has 0 saturated carbocycles. The van der Waals surface area contributed by atoms with Crippen molar-refractivity contribution in [3.05, 3.63) is 59.7 Å². The maximum atomic E-state index is 12.3. The van der Waals surface area contributed by atoms with Crippen LogP contribution in [0.1, 0.15) is 53.3 Å². The number of amides is 3. The average molecular weight is 437 g/mol. The third-order valence-corrected chi connectivity index (χ3v) is 5.06. The molecule has 168 valence electrons. The first-order valence-corrected chi connectivity index (χ1v) is 10.7. The van der Waals surface area contributed by atoms with Crippen LogP contribution in [0.25, 0.3) is 0 Å². The van der Waals surface area contributed by atoms with Crippen molar-refractivity contribution < 1.29 is 23.9 Å². The van der Waals surface area contributed by atoms with E-state index in [2.05, 4.69) is 10.6 Å². The maximum Gasteiger partial charge on any atom is 0.338 e. The van der Waals surface area contributed by atoms with Crippen molar-refractivity contribution in [1.29, 1.82) is 0 Å². The van der Waals surface area contributed by atoms with Crippen molar-refractivity contribution in [3.63, 3.8) is 0 Å². The molecular formula is C24H27N3O5. The highest BCUT2D eigenvalue weighted by Crippen LogP contribution is 2.21. The summed E-state index contributed by atoms with van der Waals surface area (Å²) >= 11 is 0. The molecule has 8 nitrogen and oxygen atoms in total. The van der Waals surface area contributed by atoms with Crippen molar-refractivity contribution in [2.24, 2.45) is 0 Å². The molecule has 1 heterocycles. The second-order valence-electron chi connectivity index (χ2n) is 7.49. The molecule has 2 aromatic rings. The van der Waals surface area contributed by atoms with Crippen LogP contribution in [-0.2, 0) is 14.3 Å². The lowest BCUT2D eigenvalue weighted by Gasteiger charge is -2.15. The van der Waals surface area contributed by atoms with Crippen LogP contribution in [0.2, 0.25) is 0 Å². The Balaban J connectivity index is 1.45. The lowest BCUT2D eigenvalue weighted by Crippen LogP contribution is -2.32. The molecule has 1 fully saturated rings. The first kappa shape index (κ1) is 23.0. The van der Waals surface area contributed by atoms with E-state index in [0.29, 0.717) is 36.4 Å². The smallest absolute Gasteiger partial charge is 0.338 e. The van der Waals surface area contributed by atoms with Crippen molar-refractivity contribution in [1.82, 2.24) is 5.32 Å². The Labute approximate surface area is 186 Å². The second kappa shape index (κ2) is 11.1. The van der Waals surface area contributed by atoms with Crippen LogP contribution in [0.5, 0.6) is 0 Å². The van der Waals surface area contributed by atoms with Crippen LogP contribution in [0.3, 0.4) is 0 Å². The Bertz CT molecular complexity index is 970. The van der Waals surface area contributed by atoms with Gasteiger partial charge in [-0.3, -0.25) is 14.4 Å². The van der Waals surface area contributed by atoms with E-state index in [1.807, 2.05) is 6.92 Å². The molecule has 1 aliphatic heterocycles. The highest BCUT2D eigenvalue weighted by molar-refractivity contribution is 6.00. The predicted octanol–water partition coefficient (Wildman–Crippen LogP) is 3.14. The molecule has 1 saturated heterocycles. The largest absolute Gasteiger partial charge is 0.462 e. The fraction of sp³-hybridized carbons (Fsp3) is 0.333. The van der Waals surface area contributed by atoms with Gasteiger partial charge in [0.15, 0.2) is 0 Å². The van der Waals surface area contributed by atoms with E-state index in [-0.39, 0.29) is 18.4 Å². The van der Waals surface area contributed by atoms with E-state index in [1.54, 1.807) is 53.4 Å². The van der Waals surface area contributed by atoms with Crippen LogP contribution in [0, 0.1) is 0 Å². The Kier molecular flexibility index (Phi) is 7.96. The zero-order valence-corrected chi connectivity index (χ0v) is 18.1. The van der Waals surface area contributed by atoms with Gasteiger partial charge in [0.2, 0.25) is 11.8 Å². The Hall–Kier alpha value is -3.68. The van der Waals surface area contributed by atoms with Gasteiger partial charge in [-0.2, -0.15) is 0 Å². The SMILES string of the molecule is CCCCOC(=O)c1ccc(NC(=O)CNC(=O)c2ccc(N3CCCC3=O)cc2)cc1. The molecule has 2 aromatic carbocycles. The Morgan fingerprint density at radius 1 is 1.00 bits per heavy atom. The van der Waals surface area contributed by atoms with E-state index >= 15 is 0 Å². The summed E-state index contributed by atoms with van der Waals surface area (Å²) in [6, 6.07) is 13.1. The molecule has 0 unspecified atom stereocenters. The number of hydrogen-bond donors (Lipinski definition) is 2. The van der Waals surface area contributed by atoms with E-state index in [0.717, 1.165) is 24.9 Å². The highest BCUT2D eigenvalue weighted by atomic mass is 16.5. The van der Waals surface area contributed by atoms with E-state index < -0.39 is 11.9 Å². The van der Waals surface area contributed by atoms with Crippen LogP contribution < -0.4 is 15.5 Å². The van der Waals surface area contributed by atoms with Gasteiger partial charge in [-0.15, -0.1) is 0 Å². The number of anilines is 2. The highest BCUT2D eigenvalue weighted by Gasteiger charge is 2.21. The summed E-state index contributed by atoms with van der Waals surface area (Å²) in [5.74, 6) is -1.09. The van der Waals surface area contributed by atoms with Gasteiger partial charge in [-0.25, -0.2) is 4.79 Å². The maximum absolute atomic E-state index is 12.3. The number of carbonyl (C=O) groups is 4. The summed E-state index contributed by atoms with van der Waals surface area (Å²) in [6.45, 7) is 2.88. The third-order valence-electron chi connectivity index (χ3n) is 5.06. The van der Waals surface area contributed by atoms with Gasteiger partial charge in [0.05, 0.1) is 18.7 Å². The van der Waals surface area contributed by atoms with Gasteiger partial charge in [-0.05, 0) is 61.4 Å². The number of carbonyl (C=O) groups excluding carboxylic acids is 4. The van der Waals surface area contributed by atoms with Gasteiger partial charge in [0, 0.05) is 29.9 Å². The van der Waals surface area contributed by atoms with Gasteiger partial charge >= 0.3 is 5.97 Å². The molecule has 3 amide bonds. The normalized spacial score (nSPS) is 13.0. The standard InChI is InChI=1S/C24H27N3O5/c1-2-3-15-32-24(31)18-6-10-19(11-7-18)26-21(28)16-25-23(30)17-8-12-20(13-9-17)27-14-4-5-22(27)29/h6-13H,2-5,14-16H2,1H3,(H,25,30)(H,26,28). The molecule has 32 heavy (non-hydrogen) atoms. The minimum Gasteiger partial charge on any atom is -0.462 e. The monoisotopic (exact) mass is 437 g/mol. The average Bonchev–Trinajstić information content (AvgIpc) is 3.24. The van der Waals surface area contributed by atoms with E-state index in [1.165, 1.54) is 0 Å². The lowest BCUT2D eigenvalue weighted by molar-refractivity contribution is -0.117. The Morgan fingerprint density at radius 3 is 2.31 bits per heavy atom. The van der Waals surface area contributed by atoms with Gasteiger partial charge < -0.3 is 20.3 Å². The van der Waals surface area contributed by atoms with E-state index in [9.17, 15) is 19.2 Å². The number of rotatable bonds is 9. The Morgan fingerprint density at radius 2 is 1.69 bits per heavy atom. The molecule has 0 atom stereocenters. The fourth-order valence-corrected chi connectivity index (χ4v) is 3.26. The summed E-state index contributed by atoms with van der Waals surface area (Å²) in [6.07, 6.45) is 3.14. The molecule has 8 heteroatoms. The molecule has 0 radical (unpaired) electrons. The number of nitrogens with zero attached hydrogens (tertiary/aromatic N) is 1. The second-order valence-corrected chi connectivity index (χ2v) is 7.49. The zero-order chi connectivity index (χ0) is 22.9. The number of esters is 1. The molecule has 3 rings (SSSR count). The molecular weight excluding hydrogens is 410 g/mol. The lowest BCUT2D eigenvalue weighted by atomic mass is 10.2. The number of ether oxygens (including phenoxy) is 1. The topological polar surface area (TPSA) is 105 Å². The molecule has 2 N–H and O–H groups in total. The number of hydrogen-bond acceptors (Lipinski definition) is 5. The quantitative estimate of drug-likeness (QED) is 0.463. The van der Waals surface area contributed by atoms with Crippen molar-refractivity contribution >= 4 is 35.1 Å². The van der Waals surface area contributed by atoms with Crippen LogP contribution in [0.15, 0.2) is 48.5 Å². The first-order chi connectivity index (χ1) is 15.5. The van der Waals surface area contributed by atoms with E-state index in [4.69, 9.17) is 4.74 Å². The molecule has 0 spiro atoms. The van der Waals surface area contributed by atoms with Crippen molar-refractivity contribution in [2.45, 2.75) is 32.6 Å². The summed E-state index contributed by atoms with van der Waals surface area (Å²) in [4.78, 5) is 49.9. The van der Waals surface area contributed by atoms with Crippen LogP contribution in [-0.4, -0.2) is 43.4 Å². The molecule has 0 aromatic heterocycles. The number of nitrogens with one attached hydrogen (secondary N) is 2. The van der Waals surface area contributed by atoms with Gasteiger partial charge in [-0.1, -0.05) is 13.3 Å². The molecule has 0 bridgehead atoms. The van der Waals surface area contributed by atoms with Crippen LogP contribution >= 0.6 is 0 Å². The summed E-state index contributed by atoms with van der Waals surface area (Å²) < 4.78 is 5.14. The fourth-order valence-electron chi connectivity index (χ4n) is 3.26. The number of benzene rings is 2. The molecule has 0 aliphatic carbocycles. The third kappa shape index (κ3) is 6.16. The van der Waals surface area contributed by atoms with Crippen molar-refractivity contribution in [3.8, 4) is 0 Å². The molecule has 1 aliphatic rings. The van der Waals surface area contributed by atoms with Gasteiger partial charge in [0.25, 0.3) is 5.91 Å². The summed E-state index contributed by atoms with van der Waals surface area (Å²) in [7, 11) is 0. The predicted molar refractivity (Wildman–Crippen MR) is 121 cm³/mol. The zero-order valence-electron chi connectivity index (χ0n) is 18.1. The minimum absolute atomic E-state index is 0.0836. The van der Waals surface area contributed by atoms with Gasteiger partial charge in [0.1, 0.15) is 0 Å². The number of unbranched alkanes of at least 4 members (excludes halogenated alkanes) is 1. The first-order valence-electron chi connectivity index (χ1n) is 10.7. The van der Waals surface area contributed by atoms with Crippen molar-refractivity contribution in [2.75, 3.05) is 29.9 Å². The minimum atomic E-state index is -0.399. The summed E-state index contributed by atoms with van der Waals surface area (Å²) in [5, 5.41) is 5.24.